The number of sulfonamides is 1. The molecule has 0 amide bonds. The predicted octanol–water partition coefficient (Wildman–Crippen LogP) is 2.81. The van der Waals surface area contributed by atoms with Crippen molar-refractivity contribution < 1.29 is 8.42 Å². The zero-order valence-corrected chi connectivity index (χ0v) is 14.5. The first kappa shape index (κ1) is 17.3. The number of pyridine rings is 2. The minimum atomic E-state index is -3.34. The van der Waals surface area contributed by atoms with Gasteiger partial charge in [-0.2, -0.15) is 0 Å². The van der Waals surface area contributed by atoms with Crippen molar-refractivity contribution in [2.45, 2.75) is 13.0 Å². The molecule has 5 nitrogen and oxygen atoms in total. The van der Waals surface area contributed by atoms with E-state index in [0.717, 1.165) is 22.4 Å². The molecule has 0 aliphatic rings. The first-order valence-electron chi connectivity index (χ1n) is 7.99. The molecule has 0 bridgehead atoms. The summed E-state index contributed by atoms with van der Waals surface area (Å²) in [4.78, 5) is 8.39. The number of aryl methyl sites for hydroxylation is 1. The van der Waals surface area contributed by atoms with E-state index in [0.29, 0.717) is 6.42 Å². The molecule has 6 heteroatoms. The molecule has 2 heterocycles. The lowest BCUT2D eigenvalue weighted by Gasteiger charge is -2.08. The van der Waals surface area contributed by atoms with Crippen LogP contribution in [0.1, 0.15) is 11.1 Å². The average molecular weight is 353 g/mol. The van der Waals surface area contributed by atoms with Gasteiger partial charge in [-0.05, 0) is 41.8 Å². The van der Waals surface area contributed by atoms with Gasteiger partial charge in [-0.15, -0.1) is 0 Å². The molecule has 0 unspecified atom stereocenters. The molecule has 0 aliphatic carbocycles. The van der Waals surface area contributed by atoms with Crippen molar-refractivity contribution in [3.8, 4) is 11.3 Å². The molecule has 0 radical (unpaired) electrons. The number of hydrogen-bond donors (Lipinski definition) is 1. The largest absolute Gasteiger partial charge is 0.264 e. The average Bonchev–Trinajstić information content (AvgIpc) is 2.67. The topological polar surface area (TPSA) is 72.0 Å². The van der Waals surface area contributed by atoms with Crippen LogP contribution in [0.15, 0.2) is 73.2 Å². The predicted molar refractivity (Wildman–Crippen MR) is 98.2 cm³/mol. The Bertz CT molecular complexity index is 914. The van der Waals surface area contributed by atoms with Crippen molar-refractivity contribution in [1.82, 2.24) is 14.7 Å². The summed E-state index contributed by atoms with van der Waals surface area (Å²) >= 11 is 0. The van der Waals surface area contributed by atoms with Crippen LogP contribution in [0.5, 0.6) is 0 Å². The Morgan fingerprint density at radius 1 is 0.920 bits per heavy atom. The van der Waals surface area contributed by atoms with Crippen molar-refractivity contribution in [3.63, 3.8) is 0 Å². The van der Waals surface area contributed by atoms with Crippen molar-refractivity contribution >= 4 is 10.0 Å². The lowest BCUT2D eigenvalue weighted by atomic mass is 10.1. The summed E-state index contributed by atoms with van der Waals surface area (Å²) in [6, 6.07) is 17.0. The summed E-state index contributed by atoms with van der Waals surface area (Å²) in [5.74, 6) is 0.0670. The lowest BCUT2D eigenvalue weighted by molar-refractivity contribution is 0.580. The number of nitrogens with one attached hydrogen (secondary N) is 1. The van der Waals surface area contributed by atoms with E-state index < -0.39 is 10.0 Å². The van der Waals surface area contributed by atoms with Gasteiger partial charge in [-0.1, -0.05) is 30.3 Å². The highest BCUT2D eigenvalue weighted by Gasteiger charge is 2.10. The van der Waals surface area contributed by atoms with Crippen LogP contribution in [0.3, 0.4) is 0 Å². The highest BCUT2D eigenvalue weighted by molar-refractivity contribution is 7.89. The van der Waals surface area contributed by atoms with E-state index in [2.05, 4.69) is 14.7 Å². The third kappa shape index (κ3) is 5.20. The molecular weight excluding hydrogens is 334 g/mol. The van der Waals surface area contributed by atoms with Crippen LogP contribution in [0, 0.1) is 0 Å². The number of rotatable bonds is 7. The SMILES string of the molecule is O=S(=O)(CCc1ccccc1)NCc1ccnc(-c2cccnc2)c1. The zero-order valence-electron chi connectivity index (χ0n) is 13.7. The monoisotopic (exact) mass is 353 g/mol. The third-order valence-electron chi connectivity index (χ3n) is 3.78. The molecular formula is C19H19N3O2S. The Morgan fingerprint density at radius 2 is 1.76 bits per heavy atom. The lowest BCUT2D eigenvalue weighted by Crippen LogP contribution is -2.26. The molecule has 0 atom stereocenters. The zero-order chi connectivity index (χ0) is 17.5. The van der Waals surface area contributed by atoms with Crippen LogP contribution in [-0.2, 0) is 23.0 Å². The van der Waals surface area contributed by atoms with Crippen LogP contribution >= 0.6 is 0 Å². The van der Waals surface area contributed by atoms with Crippen molar-refractivity contribution in [1.29, 1.82) is 0 Å². The standard InChI is InChI=1S/C19H19N3O2S/c23-25(24,12-9-16-5-2-1-3-6-16)22-14-17-8-11-21-19(13-17)18-7-4-10-20-15-18/h1-8,10-11,13,15,22H,9,12,14H2. The molecule has 3 rings (SSSR count). The van der Waals surface area contributed by atoms with Gasteiger partial charge in [0.05, 0.1) is 11.4 Å². The van der Waals surface area contributed by atoms with Gasteiger partial charge in [-0.3, -0.25) is 9.97 Å². The molecule has 1 N–H and O–H groups in total. The second-order valence-corrected chi connectivity index (χ2v) is 7.59. The maximum absolute atomic E-state index is 12.2. The molecule has 2 aromatic heterocycles. The van der Waals surface area contributed by atoms with Gasteiger partial charge in [0.25, 0.3) is 0 Å². The van der Waals surface area contributed by atoms with Crippen molar-refractivity contribution in [2.24, 2.45) is 0 Å². The Labute approximate surface area is 147 Å². The first-order valence-corrected chi connectivity index (χ1v) is 9.64. The van der Waals surface area contributed by atoms with Gasteiger partial charge in [0.15, 0.2) is 0 Å². The smallest absolute Gasteiger partial charge is 0.212 e. The van der Waals surface area contributed by atoms with Crippen molar-refractivity contribution in [2.75, 3.05) is 5.75 Å². The molecule has 25 heavy (non-hydrogen) atoms. The molecule has 0 spiro atoms. The molecule has 0 fully saturated rings. The highest BCUT2D eigenvalue weighted by atomic mass is 32.2. The minimum Gasteiger partial charge on any atom is -0.264 e. The number of benzene rings is 1. The van der Waals surface area contributed by atoms with Crippen LogP contribution in [0.25, 0.3) is 11.3 Å². The summed E-state index contributed by atoms with van der Waals surface area (Å²) in [5, 5.41) is 0. The summed E-state index contributed by atoms with van der Waals surface area (Å²) in [6.45, 7) is 0.243. The Balaban J connectivity index is 1.61. The molecule has 0 saturated heterocycles. The normalized spacial score (nSPS) is 11.4. The molecule has 128 valence electrons. The van der Waals surface area contributed by atoms with Gasteiger partial charge in [-0.25, -0.2) is 13.1 Å². The van der Waals surface area contributed by atoms with Crippen molar-refractivity contribution in [3.05, 3.63) is 84.3 Å². The van der Waals surface area contributed by atoms with E-state index in [9.17, 15) is 8.42 Å². The number of nitrogens with zero attached hydrogens (tertiary/aromatic N) is 2. The summed E-state index contributed by atoms with van der Waals surface area (Å²) < 4.78 is 27.0. The van der Waals surface area contributed by atoms with E-state index >= 15 is 0 Å². The summed E-state index contributed by atoms with van der Waals surface area (Å²) in [7, 11) is -3.34. The highest BCUT2D eigenvalue weighted by Crippen LogP contribution is 2.16. The van der Waals surface area contributed by atoms with Crippen LogP contribution < -0.4 is 4.72 Å². The van der Waals surface area contributed by atoms with Crippen LogP contribution in [0.2, 0.25) is 0 Å². The van der Waals surface area contributed by atoms with E-state index in [4.69, 9.17) is 0 Å². The van der Waals surface area contributed by atoms with E-state index in [1.165, 1.54) is 0 Å². The fourth-order valence-electron chi connectivity index (χ4n) is 2.42. The fourth-order valence-corrected chi connectivity index (χ4v) is 3.45. The minimum absolute atomic E-state index is 0.0670. The maximum Gasteiger partial charge on any atom is 0.212 e. The second-order valence-electron chi connectivity index (χ2n) is 5.67. The first-order chi connectivity index (χ1) is 12.1. The molecule has 1 aromatic carbocycles. The van der Waals surface area contributed by atoms with Gasteiger partial charge in [0, 0.05) is 30.7 Å². The van der Waals surface area contributed by atoms with Gasteiger partial charge < -0.3 is 0 Å². The Morgan fingerprint density at radius 3 is 2.52 bits per heavy atom. The van der Waals surface area contributed by atoms with Gasteiger partial charge in [0.1, 0.15) is 0 Å². The van der Waals surface area contributed by atoms with Crippen LogP contribution in [0.4, 0.5) is 0 Å². The molecule has 0 saturated carbocycles. The number of aromatic nitrogens is 2. The van der Waals surface area contributed by atoms with Crippen LogP contribution in [-0.4, -0.2) is 24.1 Å². The second kappa shape index (κ2) is 8.00. The molecule has 3 aromatic rings. The quantitative estimate of drug-likeness (QED) is 0.709. The van der Waals surface area contributed by atoms with E-state index in [1.807, 2.05) is 48.5 Å². The summed E-state index contributed by atoms with van der Waals surface area (Å²) in [6.07, 6.45) is 5.60. The van der Waals surface area contributed by atoms with E-state index in [1.54, 1.807) is 24.7 Å². The Kier molecular flexibility index (Phi) is 5.53. The van der Waals surface area contributed by atoms with E-state index in [-0.39, 0.29) is 12.3 Å². The maximum atomic E-state index is 12.2. The Hall–Kier alpha value is -2.57. The molecule has 0 aliphatic heterocycles. The fraction of sp³-hybridized carbons (Fsp3) is 0.158. The third-order valence-corrected chi connectivity index (χ3v) is 5.11. The van der Waals surface area contributed by atoms with Gasteiger partial charge in [0.2, 0.25) is 10.0 Å². The van der Waals surface area contributed by atoms with Gasteiger partial charge >= 0.3 is 0 Å². The number of hydrogen-bond acceptors (Lipinski definition) is 4. The summed E-state index contributed by atoms with van der Waals surface area (Å²) in [5.41, 5.74) is 3.54.